The number of rotatable bonds is 12. The highest BCUT2D eigenvalue weighted by Gasteiger charge is 2.01. The van der Waals surface area contributed by atoms with Crippen LogP contribution in [0.25, 0.3) is 17.2 Å². The summed E-state index contributed by atoms with van der Waals surface area (Å²) >= 11 is 0. The topological polar surface area (TPSA) is 35.5 Å². The van der Waals surface area contributed by atoms with Crippen molar-refractivity contribution >= 4 is 11.9 Å². The van der Waals surface area contributed by atoms with Crippen LogP contribution in [-0.4, -0.2) is 32.7 Å². The lowest BCUT2D eigenvalue weighted by atomic mass is 10.0. The number of methoxy groups -OCH3 is 1. The molecule has 3 aromatic rings. The van der Waals surface area contributed by atoms with Crippen LogP contribution < -0.4 is 0 Å². The van der Waals surface area contributed by atoms with Crippen LogP contribution in [0.4, 0.5) is 0 Å². The van der Waals surface area contributed by atoms with E-state index in [2.05, 4.69) is 36.4 Å². The molecule has 3 nitrogen and oxygen atoms in total. The number of ether oxygens (including phenoxy) is 2. The maximum Gasteiger partial charge on any atom is 0.185 e. The molecular weight excluding hydrogens is 384 g/mol. The van der Waals surface area contributed by atoms with Gasteiger partial charge in [-0.05, 0) is 47.6 Å². The second-order valence-electron chi connectivity index (χ2n) is 7.44. The number of hydrogen-bond acceptors (Lipinski definition) is 3. The van der Waals surface area contributed by atoms with E-state index >= 15 is 0 Å². The minimum atomic E-state index is 0.0145. The number of hydrogen-bond donors (Lipinski definition) is 0. The van der Waals surface area contributed by atoms with Crippen molar-refractivity contribution in [2.75, 3.05) is 26.9 Å². The van der Waals surface area contributed by atoms with Crippen LogP contribution in [0.3, 0.4) is 0 Å². The molecule has 0 aromatic heterocycles. The first kappa shape index (κ1) is 22.7. The molecule has 3 heteroatoms. The maximum atomic E-state index is 12.2. The van der Waals surface area contributed by atoms with E-state index in [1.807, 2.05) is 48.5 Å². The molecule has 3 aromatic carbocycles. The molecule has 0 unspecified atom stereocenters. The Morgan fingerprint density at radius 3 is 2.10 bits per heavy atom. The van der Waals surface area contributed by atoms with Crippen LogP contribution in [0.1, 0.15) is 34.3 Å². The minimum Gasteiger partial charge on any atom is -0.385 e. The molecule has 0 spiro atoms. The summed E-state index contributed by atoms with van der Waals surface area (Å²) in [4.78, 5) is 12.2. The molecule has 0 heterocycles. The summed E-state index contributed by atoms with van der Waals surface area (Å²) in [6.45, 7) is 2.30. The van der Waals surface area contributed by atoms with Gasteiger partial charge in [-0.15, -0.1) is 0 Å². The monoisotopic (exact) mass is 414 g/mol. The Bertz CT molecular complexity index is 942. The van der Waals surface area contributed by atoms with Crippen LogP contribution in [0.15, 0.2) is 84.9 Å². The first-order valence-corrected chi connectivity index (χ1v) is 10.8. The number of benzene rings is 3. The predicted molar refractivity (Wildman–Crippen MR) is 127 cm³/mol. The molecule has 31 heavy (non-hydrogen) atoms. The molecule has 0 aliphatic carbocycles. The van der Waals surface area contributed by atoms with Gasteiger partial charge in [0.2, 0.25) is 0 Å². The second-order valence-corrected chi connectivity index (χ2v) is 7.44. The maximum absolute atomic E-state index is 12.2. The predicted octanol–water partition coefficient (Wildman–Crippen LogP) is 6.24. The summed E-state index contributed by atoms with van der Waals surface area (Å²) in [5.41, 5.74) is 5.39. The van der Waals surface area contributed by atoms with Gasteiger partial charge in [0.15, 0.2) is 5.78 Å². The van der Waals surface area contributed by atoms with Gasteiger partial charge in [-0.25, -0.2) is 0 Å². The van der Waals surface area contributed by atoms with Crippen molar-refractivity contribution in [3.63, 3.8) is 0 Å². The van der Waals surface area contributed by atoms with Gasteiger partial charge >= 0.3 is 0 Å². The van der Waals surface area contributed by atoms with Crippen molar-refractivity contribution < 1.29 is 14.3 Å². The summed E-state index contributed by atoms with van der Waals surface area (Å²) in [6, 6.07) is 26.3. The van der Waals surface area contributed by atoms with Gasteiger partial charge in [-0.1, -0.05) is 84.9 Å². The van der Waals surface area contributed by atoms with E-state index in [4.69, 9.17) is 9.47 Å². The minimum absolute atomic E-state index is 0.0145. The number of allylic oxidation sites excluding steroid dienone is 1. The van der Waals surface area contributed by atoms with Gasteiger partial charge in [0.25, 0.3) is 0 Å². The van der Waals surface area contributed by atoms with Crippen molar-refractivity contribution in [1.29, 1.82) is 0 Å². The number of carbonyl (C=O) groups is 1. The normalized spacial score (nSPS) is 11.1. The van der Waals surface area contributed by atoms with Gasteiger partial charge in [0.05, 0.1) is 0 Å². The Morgan fingerprint density at radius 2 is 1.42 bits per heavy atom. The van der Waals surface area contributed by atoms with E-state index in [-0.39, 0.29) is 5.78 Å². The second kappa shape index (κ2) is 12.6. The van der Waals surface area contributed by atoms with Crippen LogP contribution in [-0.2, 0) is 15.9 Å². The van der Waals surface area contributed by atoms with Gasteiger partial charge < -0.3 is 9.47 Å². The molecule has 0 fully saturated rings. The number of aryl methyl sites for hydroxylation is 1. The number of carbonyl (C=O) groups excluding carboxylic acids is 1. The number of ketones is 1. The van der Waals surface area contributed by atoms with E-state index in [1.165, 1.54) is 16.7 Å². The molecule has 3 rings (SSSR count). The lowest BCUT2D eigenvalue weighted by molar-refractivity contribution is 0.101. The lowest BCUT2D eigenvalue weighted by Gasteiger charge is -2.06. The standard InChI is InChI=1S/C28H30O3/c1-30-20-6-22-31-21-5-7-23-10-15-25(16-11-23)26-17-12-24(13-18-26)14-19-28(29)27-8-3-2-4-9-27/h2-4,8-19H,5-7,20-22H2,1H3. The Hall–Kier alpha value is -3.01. The zero-order valence-electron chi connectivity index (χ0n) is 18.1. The molecule has 160 valence electrons. The highest BCUT2D eigenvalue weighted by Crippen LogP contribution is 2.21. The summed E-state index contributed by atoms with van der Waals surface area (Å²) in [5.74, 6) is 0.0145. The third-order valence-corrected chi connectivity index (χ3v) is 5.07. The van der Waals surface area contributed by atoms with Gasteiger partial charge in [-0.2, -0.15) is 0 Å². The van der Waals surface area contributed by atoms with E-state index < -0.39 is 0 Å². The van der Waals surface area contributed by atoms with Crippen molar-refractivity contribution in [1.82, 2.24) is 0 Å². The first-order chi connectivity index (χ1) is 15.3. The molecule has 0 aliphatic rings. The Balaban J connectivity index is 1.48. The van der Waals surface area contributed by atoms with Crippen LogP contribution in [0, 0.1) is 0 Å². The zero-order chi connectivity index (χ0) is 21.7. The Morgan fingerprint density at radius 1 is 0.774 bits per heavy atom. The Kier molecular flexibility index (Phi) is 9.24. The summed E-state index contributed by atoms with van der Waals surface area (Å²) in [6.07, 6.45) is 6.47. The summed E-state index contributed by atoms with van der Waals surface area (Å²) in [7, 11) is 1.71. The highest BCUT2D eigenvalue weighted by molar-refractivity contribution is 6.06. The summed E-state index contributed by atoms with van der Waals surface area (Å²) in [5, 5.41) is 0. The van der Waals surface area contributed by atoms with Crippen molar-refractivity contribution in [3.8, 4) is 11.1 Å². The van der Waals surface area contributed by atoms with E-state index in [1.54, 1.807) is 13.2 Å². The third-order valence-electron chi connectivity index (χ3n) is 5.07. The molecule has 0 bridgehead atoms. The summed E-state index contributed by atoms with van der Waals surface area (Å²) < 4.78 is 10.6. The zero-order valence-corrected chi connectivity index (χ0v) is 18.1. The van der Waals surface area contributed by atoms with Gasteiger partial charge in [0.1, 0.15) is 0 Å². The highest BCUT2D eigenvalue weighted by atomic mass is 16.5. The molecule has 0 atom stereocenters. The molecular formula is C28H30O3. The fraction of sp³-hybridized carbons (Fsp3) is 0.250. The quantitative estimate of drug-likeness (QED) is 0.200. The fourth-order valence-corrected chi connectivity index (χ4v) is 3.31. The average Bonchev–Trinajstić information content (AvgIpc) is 2.83. The lowest BCUT2D eigenvalue weighted by Crippen LogP contribution is -2.01. The third kappa shape index (κ3) is 7.63. The molecule has 0 N–H and O–H groups in total. The molecule has 0 amide bonds. The Labute approximate surface area is 185 Å². The van der Waals surface area contributed by atoms with E-state index in [0.717, 1.165) is 44.6 Å². The van der Waals surface area contributed by atoms with Crippen LogP contribution in [0.2, 0.25) is 0 Å². The fourth-order valence-electron chi connectivity index (χ4n) is 3.31. The smallest absolute Gasteiger partial charge is 0.185 e. The average molecular weight is 415 g/mol. The van der Waals surface area contributed by atoms with Crippen molar-refractivity contribution in [2.24, 2.45) is 0 Å². The molecule has 0 radical (unpaired) electrons. The largest absolute Gasteiger partial charge is 0.385 e. The van der Waals surface area contributed by atoms with E-state index in [9.17, 15) is 4.79 Å². The van der Waals surface area contributed by atoms with Crippen LogP contribution in [0.5, 0.6) is 0 Å². The van der Waals surface area contributed by atoms with Crippen molar-refractivity contribution in [2.45, 2.75) is 19.3 Å². The molecule has 0 saturated heterocycles. The van der Waals surface area contributed by atoms with Gasteiger partial charge in [0, 0.05) is 32.5 Å². The SMILES string of the molecule is COCCCOCCCc1ccc(-c2ccc(C=CC(=O)c3ccccc3)cc2)cc1. The van der Waals surface area contributed by atoms with E-state index in [0.29, 0.717) is 5.56 Å². The van der Waals surface area contributed by atoms with Crippen molar-refractivity contribution in [3.05, 3.63) is 102 Å². The molecule has 0 saturated carbocycles. The first-order valence-electron chi connectivity index (χ1n) is 10.8. The molecule has 0 aliphatic heterocycles. The van der Waals surface area contributed by atoms with Gasteiger partial charge in [-0.3, -0.25) is 4.79 Å². The van der Waals surface area contributed by atoms with Crippen LogP contribution >= 0.6 is 0 Å².